The minimum Gasteiger partial charge on any atom is -0.488 e. The molecule has 4 aromatic heterocycles. The van der Waals surface area contributed by atoms with Gasteiger partial charge in [-0.25, -0.2) is 24.3 Å². The Labute approximate surface area is 217 Å². The standard InChI is InChI=1S/C25H24ClN7O4/c1-14-5-22(29-15(2)28-14)30-23-7-17-6-16(3-4-33(17)31-23)19-8-21(26)27-10-20(19)36-13-25-9-18(11-37-25)32(12-25)24(34)35/h3-8,10,18H,9,11-13H2,1-2H3,(H,34,35)(H,28,29,30,31)/t18-,25-/m0/s1. The van der Waals surface area contributed by atoms with Crippen LogP contribution in [0.3, 0.4) is 0 Å². The summed E-state index contributed by atoms with van der Waals surface area (Å²) in [5.74, 6) is 2.54. The van der Waals surface area contributed by atoms with Crippen molar-refractivity contribution in [2.24, 2.45) is 0 Å². The fraction of sp³-hybridized carbons (Fsp3) is 0.320. The molecule has 2 N–H and O–H groups in total. The Morgan fingerprint density at radius 2 is 2.14 bits per heavy atom. The molecule has 2 atom stereocenters. The summed E-state index contributed by atoms with van der Waals surface area (Å²) in [6, 6.07) is 9.30. The first-order valence-corrected chi connectivity index (χ1v) is 12.2. The van der Waals surface area contributed by atoms with E-state index in [9.17, 15) is 9.90 Å². The van der Waals surface area contributed by atoms with E-state index in [1.807, 2.05) is 44.3 Å². The molecular formula is C25H24ClN7O4. The van der Waals surface area contributed by atoms with Crippen molar-refractivity contribution in [3.05, 3.63) is 59.4 Å². The molecule has 0 aromatic carbocycles. The van der Waals surface area contributed by atoms with Gasteiger partial charge in [0, 0.05) is 36.0 Å². The maximum atomic E-state index is 11.5. The first-order chi connectivity index (χ1) is 17.8. The van der Waals surface area contributed by atoms with Gasteiger partial charge in [0.1, 0.15) is 34.8 Å². The predicted octanol–water partition coefficient (Wildman–Crippen LogP) is 4.10. The van der Waals surface area contributed by atoms with Crippen molar-refractivity contribution in [1.29, 1.82) is 0 Å². The van der Waals surface area contributed by atoms with Gasteiger partial charge in [0.25, 0.3) is 0 Å². The largest absolute Gasteiger partial charge is 0.488 e. The summed E-state index contributed by atoms with van der Waals surface area (Å²) in [5, 5.41) is 17.6. The smallest absolute Gasteiger partial charge is 0.407 e. The molecule has 11 nitrogen and oxygen atoms in total. The number of hydrogen-bond donors (Lipinski definition) is 2. The van der Waals surface area contributed by atoms with Crippen LogP contribution in [0.25, 0.3) is 16.6 Å². The summed E-state index contributed by atoms with van der Waals surface area (Å²) in [4.78, 5) is 25.9. The molecule has 4 aromatic rings. The monoisotopic (exact) mass is 521 g/mol. The van der Waals surface area contributed by atoms with Gasteiger partial charge in [-0.2, -0.15) is 5.10 Å². The number of pyridine rings is 2. The maximum absolute atomic E-state index is 11.5. The van der Waals surface area contributed by atoms with Crippen molar-refractivity contribution in [3.8, 4) is 16.9 Å². The first-order valence-electron chi connectivity index (χ1n) is 11.8. The van der Waals surface area contributed by atoms with Gasteiger partial charge in [-0.1, -0.05) is 11.6 Å². The van der Waals surface area contributed by atoms with Gasteiger partial charge in [0.2, 0.25) is 0 Å². The molecule has 6 heterocycles. The van der Waals surface area contributed by atoms with E-state index >= 15 is 0 Å². The fourth-order valence-corrected chi connectivity index (χ4v) is 5.20. The Morgan fingerprint density at radius 1 is 1.27 bits per heavy atom. The molecule has 0 saturated carbocycles. The van der Waals surface area contributed by atoms with Crippen molar-refractivity contribution < 1.29 is 19.4 Å². The predicted molar refractivity (Wildman–Crippen MR) is 136 cm³/mol. The molecule has 190 valence electrons. The van der Waals surface area contributed by atoms with Crippen LogP contribution in [0.2, 0.25) is 5.15 Å². The molecule has 0 aliphatic carbocycles. The number of hydrogen-bond acceptors (Lipinski definition) is 8. The molecule has 37 heavy (non-hydrogen) atoms. The van der Waals surface area contributed by atoms with Crippen LogP contribution in [0.5, 0.6) is 5.75 Å². The number of rotatable bonds is 6. The molecule has 2 aliphatic heterocycles. The lowest BCUT2D eigenvalue weighted by Gasteiger charge is -2.31. The number of morpholine rings is 1. The SMILES string of the molecule is Cc1cc(Nc2cc3cc(-c4cc(Cl)ncc4OC[C@@]45C[C@@H](CO4)N(C(=O)O)C5)ccn3n2)nc(C)n1. The number of halogens is 1. The second-order valence-electron chi connectivity index (χ2n) is 9.44. The third-order valence-corrected chi connectivity index (χ3v) is 6.86. The van der Waals surface area contributed by atoms with Crippen molar-refractivity contribution in [2.75, 3.05) is 25.1 Å². The zero-order chi connectivity index (χ0) is 25.7. The molecule has 12 heteroatoms. The van der Waals surface area contributed by atoms with Crippen molar-refractivity contribution in [3.63, 3.8) is 0 Å². The van der Waals surface area contributed by atoms with Gasteiger partial charge < -0.3 is 19.9 Å². The summed E-state index contributed by atoms with van der Waals surface area (Å²) >= 11 is 6.24. The van der Waals surface area contributed by atoms with E-state index < -0.39 is 11.7 Å². The van der Waals surface area contributed by atoms with Crippen molar-refractivity contribution >= 4 is 34.8 Å². The van der Waals surface area contributed by atoms with Crippen LogP contribution in [0, 0.1) is 13.8 Å². The number of fused-ring (bicyclic) bond motifs is 3. The first kappa shape index (κ1) is 23.4. The Hall–Kier alpha value is -3.96. The maximum Gasteiger partial charge on any atom is 0.407 e. The molecule has 2 fully saturated rings. The quantitative estimate of drug-likeness (QED) is 0.360. The van der Waals surface area contributed by atoms with Gasteiger partial charge in [-0.05, 0) is 37.6 Å². The molecule has 2 aliphatic rings. The summed E-state index contributed by atoms with van der Waals surface area (Å²) < 4.78 is 13.9. The highest BCUT2D eigenvalue weighted by Crippen LogP contribution is 2.39. The van der Waals surface area contributed by atoms with Crippen molar-refractivity contribution in [1.82, 2.24) is 29.5 Å². The number of carbonyl (C=O) groups is 1. The second kappa shape index (κ2) is 8.86. The molecule has 6 rings (SSSR count). The summed E-state index contributed by atoms with van der Waals surface area (Å²) in [6.45, 7) is 4.64. The topological polar surface area (TPSA) is 127 Å². The van der Waals surface area contributed by atoms with Crippen LogP contribution >= 0.6 is 11.6 Å². The molecule has 2 bridgehead atoms. The lowest BCUT2D eigenvalue weighted by molar-refractivity contribution is -0.0623. The van der Waals surface area contributed by atoms with E-state index in [2.05, 4.69) is 25.4 Å². The van der Waals surface area contributed by atoms with Crippen molar-refractivity contribution in [2.45, 2.75) is 31.9 Å². The number of nitrogens with one attached hydrogen (secondary N) is 1. The van der Waals surface area contributed by atoms with Gasteiger partial charge in [-0.3, -0.25) is 4.90 Å². The Balaban J connectivity index is 1.25. The average Bonchev–Trinajstić information content (AvgIpc) is 3.55. The summed E-state index contributed by atoms with van der Waals surface area (Å²) in [5.41, 5.74) is 2.70. The highest BCUT2D eigenvalue weighted by atomic mass is 35.5. The summed E-state index contributed by atoms with van der Waals surface area (Å²) in [6.07, 6.45) is 3.11. The van der Waals surface area contributed by atoms with E-state index in [1.165, 1.54) is 4.90 Å². The number of anilines is 2. The number of aryl methyl sites for hydroxylation is 2. The van der Waals surface area contributed by atoms with Crippen LogP contribution < -0.4 is 10.1 Å². The number of likely N-dealkylation sites (tertiary alicyclic amines) is 1. The number of carboxylic acid groups (broad SMARTS) is 1. The molecule has 0 spiro atoms. The number of aromatic nitrogens is 5. The van der Waals surface area contributed by atoms with E-state index in [0.717, 1.165) is 22.3 Å². The Bertz CT molecular complexity index is 1510. The van der Waals surface area contributed by atoms with Crippen LogP contribution in [0.15, 0.2) is 42.7 Å². The third-order valence-electron chi connectivity index (χ3n) is 6.66. The number of ether oxygens (including phenoxy) is 2. The van der Waals surface area contributed by atoms with Crippen LogP contribution in [0.4, 0.5) is 16.4 Å². The molecule has 2 saturated heterocycles. The minimum absolute atomic E-state index is 0.133. The lowest BCUT2D eigenvalue weighted by Crippen LogP contribution is -2.47. The second-order valence-corrected chi connectivity index (χ2v) is 9.82. The molecule has 0 unspecified atom stereocenters. The van der Waals surface area contributed by atoms with Gasteiger partial charge >= 0.3 is 6.09 Å². The Kier molecular flexibility index (Phi) is 5.61. The zero-order valence-corrected chi connectivity index (χ0v) is 20.9. The van der Waals surface area contributed by atoms with E-state index in [4.69, 9.17) is 21.1 Å². The minimum atomic E-state index is -0.933. The van der Waals surface area contributed by atoms with Crippen LogP contribution in [-0.2, 0) is 4.74 Å². The van der Waals surface area contributed by atoms with Gasteiger partial charge in [0.15, 0.2) is 5.82 Å². The number of amides is 1. The van der Waals surface area contributed by atoms with Gasteiger partial charge in [0.05, 0.1) is 30.9 Å². The van der Waals surface area contributed by atoms with E-state index in [0.29, 0.717) is 41.4 Å². The highest BCUT2D eigenvalue weighted by Gasteiger charge is 2.53. The summed E-state index contributed by atoms with van der Waals surface area (Å²) in [7, 11) is 0. The zero-order valence-electron chi connectivity index (χ0n) is 20.2. The average molecular weight is 522 g/mol. The number of nitrogens with zero attached hydrogens (tertiary/aromatic N) is 6. The Morgan fingerprint density at radius 3 is 2.92 bits per heavy atom. The normalized spacial score (nSPS) is 20.5. The van der Waals surface area contributed by atoms with E-state index in [1.54, 1.807) is 16.8 Å². The fourth-order valence-electron chi connectivity index (χ4n) is 5.04. The third kappa shape index (κ3) is 4.51. The van der Waals surface area contributed by atoms with Crippen LogP contribution in [0.1, 0.15) is 17.9 Å². The lowest BCUT2D eigenvalue weighted by atomic mass is 10.0. The van der Waals surface area contributed by atoms with Gasteiger partial charge in [-0.15, -0.1) is 0 Å². The molecule has 1 amide bonds. The molecular weight excluding hydrogens is 498 g/mol. The highest BCUT2D eigenvalue weighted by molar-refractivity contribution is 6.29. The van der Waals surface area contributed by atoms with E-state index in [-0.39, 0.29) is 19.2 Å². The molecule has 0 radical (unpaired) electrons. The van der Waals surface area contributed by atoms with Crippen LogP contribution in [-0.4, -0.2) is 72.1 Å².